The van der Waals surface area contributed by atoms with Gasteiger partial charge in [0.2, 0.25) is 0 Å². The summed E-state index contributed by atoms with van der Waals surface area (Å²) >= 11 is 0. The van der Waals surface area contributed by atoms with Gasteiger partial charge in [-0.15, -0.1) is 0 Å². The Labute approximate surface area is 416 Å². The third kappa shape index (κ3) is 12.7. The molecule has 4 aliphatic heterocycles. The Morgan fingerprint density at radius 1 is 0.563 bits per heavy atom. The van der Waals surface area contributed by atoms with Crippen molar-refractivity contribution in [2.24, 2.45) is 0 Å². The Bertz CT molecular complexity index is 2440. The Kier molecular flexibility index (Phi) is 17.5. The van der Waals surface area contributed by atoms with E-state index in [1.165, 1.54) is 57.6 Å². The minimum absolute atomic E-state index is 0.194. The highest BCUT2D eigenvalue weighted by Crippen LogP contribution is 2.42. The monoisotopic (exact) mass is 992 g/mol. The number of benzene rings is 4. The van der Waals surface area contributed by atoms with E-state index in [4.69, 9.17) is 9.47 Å². The van der Waals surface area contributed by atoms with Gasteiger partial charge in [0.25, 0.3) is 11.8 Å². The summed E-state index contributed by atoms with van der Waals surface area (Å²) in [5.41, 5.74) is 6.69. The van der Waals surface area contributed by atoms with Gasteiger partial charge < -0.3 is 24.2 Å². The van der Waals surface area contributed by atoms with Crippen LogP contribution in [0.1, 0.15) is 136 Å². The zero-order valence-electron chi connectivity index (χ0n) is 42.4. The van der Waals surface area contributed by atoms with Crippen LogP contribution in [0.5, 0.6) is 11.5 Å². The topological polar surface area (TPSA) is 68.8 Å². The molecular formula is C56H71F6N5O4. The number of piperazine rings is 2. The Hall–Kier alpha value is -5.12. The van der Waals surface area contributed by atoms with Gasteiger partial charge in [-0.05, 0) is 187 Å². The summed E-state index contributed by atoms with van der Waals surface area (Å²) in [5.74, 6) is 1.50. The van der Waals surface area contributed by atoms with Crippen LogP contribution in [0.25, 0.3) is 0 Å². The first-order chi connectivity index (χ1) is 33.8. The van der Waals surface area contributed by atoms with Crippen molar-refractivity contribution in [3.63, 3.8) is 0 Å². The van der Waals surface area contributed by atoms with Gasteiger partial charge in [-0.1, -0.05) is 19.1 Å². The summed E-state index contributed by atoms with van der Waals surface area (Å²) in [7, 11) is 4.12. The first-order valence-electron chi connectivity index (χ1n) is 25.3. The number of piperidine rings is 2. The molecule has 0 spiro atoms. The van der Waals surface area contributed by atoms with Gasteiger partial charge >= 0.3 is 12.4 Å². The zero-order valence-corrected chi connectivity index (χ0v) is 42.4. The van der Waals surface area contributed by atoms with Crippen LogP contribution >= 0.6 is 0 Å². The van der Waals surface area contributed by atoms with Crippen LogP contribution in [-0.4, -0.2) is 122 Å². The van der Waals surface area contributed by atoms with E-state index in [9.17, 15) is 35.9 Å². The van der Waals surface area contributed by atoms with Gasteiger partial charge in [0, 0.05) is 81.1 Å². The summed E-state index contributed by atoms with van der Waals surface area (Å²) < 4.78 is 89.3. The number of halogens is 6. The molecule has 4 aromatic rings. The molecule has 4 aromatic carbocycles. The van der Waals surface area contributed by atoms with Gasteiger partial charge in [-0.3, -0.25) is 19.4 Å². The smallest absolute Gasteiger partial charge is 0.416 e. The number of carbonyl (C=O) groups is 2. The molecular weight excluding hydrogens is 921 g/mol. The second-order valence-electron chi connectivity index (χ2n) is 20.0. The van der Waals surface area contributed by atoms with Crippen molar-refractivity contribution < 1.29 is 45.4 Å². The molecule has 386 valence electrons. The third-order valence-corrected chi connectivity index (χ3v) is 15.1. The van der Waals surface area contributed by atoms with Crippen molar-refractivity contribution in [1.29, 1.82) is 0 Å². The van der Waals surface area contributed by atoms with Crippen LogP contribution < -0.4 is 9.47 Å². The summed E-state index contributed by atoms with van der Waals surface area (Å²) in [6, 6.07) is 18.8. The predicted molar refractivity (Wildman–Crippen MR) is 265 cm³/mol. The van der Waals surface area contributed by atoms with Gasteiger partial charge in [0.15, 0.2) is 0 Å². The van der Waals surface area contributed by atoms with E-state index in [2.05, 4.69) is 87.7 Å². The van der Waals surface area contributed by atoms with Gasteiger partial charge in [-0.2, -0.15) is 26.3 Å². The van der Waals surface area contributed by atoms with Crippen LogP contribution in [0.2, 0.25) is 0 Å². The van der Waals surface area contributed by atoms with E-state index in [0.29, 0.717) is 62.6 Å². The van der Waals surface area contributed by atoms with Crippen molar-refractivity contribution in [2.75, 3.05) is 73.1 Å². The molecule has 4 saturated heterocycles. The molecule has 0 N–H and O–H groups in total. The van der Waals surface area contributed by atoms with Crippen molar-refractivity contribution in [2.45, 2.75) is 123 Å². The standard InChI is InChI=1S/C29H38F3N3O2.C27H33F3N2O2/c1-20-21(2)27(37-18-6-15-33(3)4)14-13-25(20)26-8-5-7-24-19-34(16-17-35(24)26)28(36)22-9-11-23(12-10-22)29(30,31)32;1-4-16-34-25-13-12-23(18(2)19(25)3)24-7-5-6-22-17-31(14-15-32(22)24)26(33)20-8-10-21(11-9-20)27(28,29)30/h9-14,24,26H,5-8,15-19H2,1-4H3;8-13,22,24H,4-7,14-17H2,1-3H3/t24-,26?;22-,24?/m00/s1. The third-order valence-electron chi connectivity index (χ3n) is 15.1. The summed E-state index contributed by atoms with van der Waals surface area (Å²) in [4.78, 5) is 36.9. The predicted octanol–water partition coefficient (Wildman–Crippen LogP) is 11.9. The molecule has 71 heavy (non-hydrogen) atoms. The molecule has 0 aromatic heterocycles. The Morgan fingerprint density at radius 3 is 1.35 bits per heavy atom. The molecule has 0 radical (unpaired) electrons. The minimum atomic E-state index is -4.41. The van der Waals surface area contributed by atoms with Gasteiger partial charge in [0.05, 0.1) is 24.3 Å². The van der Waals surface area contributed by atoms with Gasteiger partial charge in [0.1, 0.15) is 11.5 Å². The molecule has 0 aliphatic carbocycles. The van der Waals surface area contributed by atoms with Crippen LogP contribution in [0.4, 0.5) is 26.3 Å². The number of carbonyl (C=O) groups excluding carboxylic acids is 2. The summed E-state index contributed by atoms with van der Waals surface area (Å²) in [6.45, 7) is 16.9. The lowest BCUT2D eigenvalue weighted by atomic mass is 9.86. The quantitative estimate of drug-likeness (QED) is 0.103. The fourth-order valence-corrected chi connectivity index (χ4v) is 10.9. The fraction of sp³-hybridized carbons (Fsp3) is 0.536. The van der Waals surface area contributed by atoms with Crippen LogP contribution in [0, 0.1) is 27.7 Å². The van der Waals surface area contributed by atoms with Crippen molar-refractivity contribution >= 4 is 11.8 Å². The number of fused-ring (bicyclic) bond motifs is 2. The largest absolute Gasteiger partial charge is 0.493 e. The minimum Gasteiger partial charge on any atom is -0.493 e. The van der Waals surface area contributed by atoms with Crippen LogP contribution in [0.15, 0.2) is 72.8 Å². The number of ether oxygens (including phenoxy) is 2. The molecule has 4 atom stereocenters. The number of amides is 2. The number of nitrogens with zero attached hydrogens (tertiary/aromatic N) is 5. The van der Waals surface area contributed by atoms with E-state index in [1.807, 2.05) is 0 Å². The average molecular weight is 992 g/mol. The lowest BCUT2D eigenvalue weighted by molar-refractivity contribution is -0.138. The maximum absolute atomic E-state index is 13.1. The molecule has 0 bridgehead atoms. The normalized spacial score (nSPS) is 21.0. The number of alkyl halides is 6. The molecule has 0 saturated carbocycles. The van der Waals surface area contributed by atoms with Crippen LogP contribution in [0.3, 0.4) is 0 Å². The molecule has 2 unspecified atom stereocenters. The molecule has 15 heteroatoms. The molecule has 4 aliphatic rings. The number of rotatable bonds is 12. The second kappa shape index (κ2) is 23.2. The lowest BCUT2D eigenvalue weighted by Crippen LogP contribution is -2.57. The average Bonchev–Trinajstić information content (AvgIpc) is 3.35. The van der Waals surface area contributed by atoms with E-state index in [0.717, 1.165) is 107 Å². The first kappa shape index (κ1) is 53.7. The highest BCUT2D eigenvalue weighted by atomic mass is 19.4. The highest BCUT2D eigenvalue weighted by molar-refractivity contribution is 5.95. The second-order valence-corrected chi connectivity index (χ2v) is 20.0. The zero-order chi connectivity index (χ0) is 51.2. The molecule has 8 rings (SSSR count). The van der Waals surface area contributed by atoms with Crippen molar-refractivity contribution in [3.8, 4) is 11.5 Å². The molecule has 9 nitrogen and oxygen atoms in total. The first-order valence-corrected chi connectivity index (χ1v) is 25.3. The van der Waals surface area contributed by atoms with E-state index in [1.54, 1.807) is 9.80 Å². The van der Waals surface area contributed by atoms with E-state index >= 15 is 0 Å². The van der Waals surface area contributed by atoms with E-state index < -0.39 is 23.5 Å². The molecule has 4 heterocycles. The molecule has 2 amide bonds. The number of hydrogen-bond acceptors (Lipinski definition) is 7. The number of hydrogen-bond donors (Lipinski definition) is 0. The van der Waals surface area contributed by atoms with E-state index in [-0.39, 0.29) is 23.9 Å². The van der Waals surface area contributed by atoms with Gasteiger partial charge in [-0.25, -0.2) is 0 Å². The summed E-state index contributed by atoms with van der Waals surface area (Å²) in [5, 5.41) is 0. The lowest BCUT2D eigenvalue weighted by Gasteiger charge is -2.49. The van der Waals surface area contributed by atoms with Crippen LogP contribution in [-0.2, 0) is 12.4 Å². The summed E-state index contributed by atoms with van der Waals surface area (Å²) in [6.07, 6.45) is -0.506. The SMILES string of the molecule is CCCOc1ccc(C2CCC[C@H]3CN(C(=O)c4ccc(C(F)(F)F)cc4)CCN23)c(C)c1C.Cc1c(OCCCN(C)C)ccc(C2CCC[C@H]3CN(C(=O)c4ccc(C(F)(F)F)cc4)CCN23)c1C. The Balaban J connectivity index is 0.000000209. The van der Waals surface area contributed by atoms with Crippen molar-refractivity contribution in [1.82, 2.24) is 24.5 Å². The maximum atomic E-state index is 13.1. The molecule has 4 fully saturated rings. The fourth-order valence-electron chi connectivity index (χ4n) is 10.9. The maximum Gasteiger partial charge on any atom is 0.416 e. The van der Waals surface area contributed by atoms with Crippen molar-refractivity contribution in [3.05, 3.63) is 128 Å². The highest BCUT2D eigenvalue weighted by Gasteiger charge is 2.40. The Morgan fingerprint density at radius 2 is 0.972 bits per heavy atom.